The minimum absolute atomic E-state index is 0.333. The van der Waals surface area contributed by atoms with Crippen LogP contribution in [0.4, 0.5) is 0 Å². The van der Waals surface area contributed by atoms with E-state index in [1.54, 1.807) is 0 Å². The molecule has 3 N–H and O–H groups in total. The molecule has 0 aromatic rings. The molecule has 0 amide bonds. The zero-order valence-electron chi connectivity index (χ0n) is 7.88. The molecule has 0 unspecified atom stereocenters. The second-order valence-corrected chi connectivity index (χ2v) is 3.11. The van der Waals surface area contributed by atoms with Gasteiger partial charge >= 0.3 is 5.97 Å². The average molecular weight is 174 g/mol. The zero-order valence-corrected chi connectivity index (χ0v) is 7.88. The van der Waals surface area contributed by atoms with Gasteiger partial charge in [0.1, 0.15) is 0 Å². The van der Waals surface area contributed by atoms with Crippen molar-refractivity contribution in [2.75, 3.05) is 13.6 Å². The first-order valence-electron chi connectivity index (χ1n) is 4.77. The maximum absolute atomic E-state index is 10.1. The van der Waals surface area contributed by atoms with Crippen LogP contribution in [0.3, 0.4) is 0 Å². The fraction of sp³-hybridized carbons (Fsp3) is 0.889. The van der Waals surface area contributed by atoms with E-state index < -0.39 is 5.97 Å². The topological polar surface area (TPSA) is 53.9 Å². The number of hydrogen-bond acceptors (Lipinski definition) is 1. The van der Waals surface area contributed by atoms with Crippen molar-refractivity contribution in [3.63, 3.8) is 0 Å². The first-order chi connectivity index (χ1) is 5.77. The maximum atomic E-state index is 10.1. The first kappa shape index (κ1) is 11.4. The summed E-state index contributed by atoms with van der Waals surface area (Å²) in [6, 6.07) is 0. The summed E-state index contributed by atoms with van der Waals surface area (Å²) in [6.07, 6.45) is 5.91. The van der Waals surface area contributed by atoms with Gasteiger partial charge in [-0.3, -0.25) is 4.79 Å². The van der Waals surface area contributed by atoms with Gasteiger partial charge in [0.25, 0.3) is 0 Å². The average Bonchev–Trinajstić information content (AvgIpc) is 2.02. The number of carboxylic acids is 1. The summed E-state index contributed by atoms with van der Waals surface area (Å²) in [4.78, 5) is 10.1. The second-order valence-electron chi connectivity index (χ2n) is 3.11. The van der Waals surface area contributed by atoms with E-state index in [2.05, 4.69) is 12.4 Å². The Balaban J connectivity index is 2.86. The Kier molecular flexibility index (Phi) is 8.12. The van der Waals surface area contributed by atoms with Gasteiger partial charge < -0.3 is 10.4 Å². The van der Waals surface area contributed by atoms with E-state index in [1.807, 2.05) is 0 Å². The first-order valence-corrected chi connectivity index (χ1v) is 4.77. The van der Waals surface area contributed by atoms with Crippen molar-refractivity contribution in [2.24, 2.45) is 0 Å². The third kappa shape index (κ3) is 9.43. The van der Waals surface area contributed by atoms with Crippen molar-refractivity contribution in [1.82, 2.24) is 0 Å². The number of aliphatic carboxylic acids is 1. The minimum Gasteiger partial charge on any atom is -0.481 e. The lowest BCUT2D eigenvalue weighted by Crippen LogP contribution is -2.79. The van der Waals surface area contributed by atoms with Gasteiger partial charge in [-0.1, -0.05) is 12.8 Å². The van der Waals surface area contributed by atoms with Gasteiger partial charge in [0.2, 0.25) is 0 Å². The summed E-state index contributed by atoms with van der Waals surface area (Å²) in [5, 5.41) is 10.5. The van der Waals surface area contributed by atoms with Crippen molar-refractivity contribution >= 4 is 5.97 Å². The SMILES string of the molecule is C[NH2+]CCCCCCCC(=O)O. The number of rotatable bonds is 8. The molecule has 0 aromatic carbocycles. The van der Waals surface area contributed by atoms with Crippen LogP contribution in [0.25, 0.3) is 0 Å². The van der Waals surface area contributed by atoms with Crippen molar-refractivity contribution in [3.05, 3.63) is 0 Å². The second kappa shape index (κ2) is 8.53. The Morgan fingerprint density at radius 3 is 2.33 bits per heavy atom. The molecule has 0 aliphatic heterocycles. The Morgan fingerprint density at radius 2 is 1.75 bits per heavy atom. The lowest BCUT2D eigenvalue weighted by atomic mass is 10.1. The Bertz CT molecular complexity index is 115. The standard InChI is InChI=1S/C9H19NO2/c1-10-8-6-4-2-3-5-7-9(11)12/h10H,2-8H2,1H3,(H,11,12)/p+1. The van der Waals surface area contributed by atoms with Crippen LogP contribution in [-0.4, -0.2) is 24.7 Å². The predicted molar refractivity (Wildman–Crippen MR) is 48.1 cm³/mol. The highest BCUT2D eigenvalue weighted by molar-refractivity contribution is 5.66. The Hall–Kier alpha value is -0.570. The van der Waals surface area contributed by atoms with Crippen LogP contribution < -0.4 is 5.32 Å². The third-order valence-electron chi connectivity index (χ3n) is 1.88. The molecule has 0 aliphatic carbocycles. The summed E-state index contributed by atoms with van der Waals surface area (Å²) in [5.74, 6) is -0.670. The van der Waals surface area contributed by atoms with Crippen molar-refractivity contribution in [2.45, 2.75) is 38.5 Å². The highest BCUT2D eigenvalue weighted by Gasteiger charge is 1.96. The number of carboxylic acid groups (broad SMARTS) is 1. The van der Waals surface area contributed by atoms with Crippen LogP contribution in [-0.2, 0) is 4.79 Å². The molecule has 0 bridgehead atoms. The van der Waals surface area contributed by atoms with Crippen molar-refractivity contribution in [1.29, 1.82) is 0 Å². The van der Waals surface area contributed by atoms with E-state index in [-0.39, 0.29) is 0 Å². The van der Waals surface area contributed by atoms with E-state index in [1.165, 1.54) is 25.8 Å². The number of quaternary nitrogens is 1. The molecule has 72 valence electrons. The van der Waals surface area contributed by atoms with Gasteiger partial charge in [0.15, 0.2) is 0 Å². The molecule has 0 heterocycles. The van der Waals surface area contributed by atoms with Crippen LogP contribution in [0.2, 0.25) is 0 Å². The van der Waals surface area contributed by atoms with Crippen LogP contribution in [0.5, 0.6) is 0 Å². The molecule has 12 heavy (non-hydrogen) atoms. The molecule has 0 atom stereocenters. The van der Waals surface area contributed by atoms with Crippen LogP contribution in [0, 0.1) is 0 Å². The van der Waals surface area contributed by atoms with Crippen molar-refractivity contribution < 1.29 is 15.2 Å². The zero-order chi connectivity index (χ0) is 9.23. The molecule has 0 saturated heterocycles. The summed E-state index contributed by atoms with van der Waals surface area (Å²) in [7, 11) is 2.07. The number of unbranched alkanes of at least 4 members (excludes halogenated alkanes) is 4. The fourth-order valence-corrected chi connectivity index (χ4v) is 1.16. The predicted octanol–water partition coefficient (Wildman–Crippen LogP) is 0.605. The molecule has 0 aliphatic rings. The highest BCUT2D eigenvalue weighted by Crippen LogP contribution is 2.04. The smallest absolute Gasteiger partial charge is 0.303 e. The van der Waals surface area contributed by atoms with E-state index in [0.717, 1.165) is 12.8 Å². The van der Waals surface area contributed by atoms with E-state index in [4.69, 9.17) is 5.11 Å². The van der Waals surface area contributed by atoms with Gasteiger partial charge in [0.05, 0.1) is 13.6 Å². The summed E-state index contributed by atoms with van der Waals surface area (Å²) >= 11 is 0. The monoisotopic (exact) mass is 174 g/mol. The molecule has 3 nitrogen and oxygen atoms in total. The highest BCUT2D eigenvalue weighted by atomic mass is 16.4. The molecule has 0 fully saturated rings. The molecule has 0 aromatic heterocycles. The minimum atomic E-state index is -0.670. The maximum Gasteiger partial charge on any atom is 0.303 e. The summed E-state index contributed by atoms with van der Waals surface area (Å²) in [6.45, 7) is 1.19. The fourth-order valence-electron chi connectivity index (χ4n) is 1.16. The normalized spacial score (nSPS) is 10.1. The van der Waals surface area contributed by atoms with Crippen LogP contribution in [0.15, 0.2) is 0 Å². The van der Waals surface area contributed by atoms with E-state index in [9.17, 15) is 4.79 Å². The van der Waals surface area contributed by atoms with Gasteiger partial charge in [-0.2, -0.15) is 0 Å². The van der Waals surface area contributed by atoms with Crippen molar-refractivity contribution in [3.8, 4) is 0 Å². The molecular formula is C9H20NO2+. The van der Waals surface area contributed by atoms with Gasteiger partial charge in [-0.25, -0.2) is 0 Å². The molecule has 0 saturated carbocycles. The number of hydrogen-bond donors (Lipinski definition) is 2. The van der Waals surface area contributed by atoms with Gasteiger partial charge in [0, 0.05) is 6.42 Å². The summed E-state index contributed by atoms with van der Waals surface area (Å²) < 4.78 is 0. The van der Waals surface area contributed by atoms with E-state index >= 15 is 0 Å². The third-order valence-corrected chi connectivity index (χ3v) is 1.88. The lowest BCUT2D eigenvalue weighted by Gasteiger charge is -1.97. The Labute approximate surface area is 74.2 Å². The van der Waals surface area contributed by atoms with Gasteiger partial charge in [-0.15, -0.1) is 0 Å². The molecule has 0 spiro atoms. The lowest BCUT2D eigenvalue weighted by molar-refractivity contribution is -0.627. The van der Waals surface area contributed by atoms with E-state index in [0.29, 0.717) is 6.42 Å². The number of carbonyl (C=O) groups is 1. The van der Waals surface area contributed by atoms with Gasteiger partial charge in [-0.05, 0) is 19.3 Å². The molecule has 0 radical (unpaired) electrons. The quantitative estimate of drug-likeness (QED) is 0.530. The largest absolute Gasteiger partial charge is 0.481 e. The number of nitrogens with two attached hydrogens (primary N) is 1. The molecule has 3 heteroatoms. The van der Waals surface area contributed by atoms with Crippen LogP contribution in [0.1, 0.15) is 38.5 Å². The summed E-state index contributed by atoms with van der Waals surface area (Å²) in [5.41, 5.74) is 0. The van der Waals surface area contributed by atoms with Crippen LogP contribution >= 0.6 is 0 Å². The molecule has 0 rings (SSSR count). The molecular weight excluding hydrogens is 154 g/mol. The Morgan fingerprint density at radius 1 is 1.17 bits per heavy atom.